The fourth-order valence-electron chi connectivity index (χ4n) is 0.307. The molecule has 6 nitrogen and oxygen atoms in total. The fourth-order valence-corrected chi connectivity index (χ4v) is 1.71. The van der Waals surface area contributed by atoms with E-state index in [4.69, 9.17) is 4.89 Å². The summed E-state index contributed by atoms with van der Waals surface area (Å²) in [6.07, 6.45) is 0. The number of rotatable bonds is 4. The van der Waals surface area contributed by atoms with Crippen molar-refractivity contribution in [2.45, 2.75) is 6.92 Å². The highest BCUT2D eigenvalue weighted by molar-refractivity contribution is 7.59. The molecule has 0 radical (unpaired) electrons. The third-order valence-electron chi connectivity index (χ3n) is 0.512. The predicted molar refractivity (Wildman–Crippen MR) is 32.9 cm³/mol. The Morgan fingerprint density at radius 2 is 2.20 bits per heavy atom. The summed E-state index contributed by atoms with van der Waals surface area (Å²) in [5.74, 6) is 0. The molecule has 0 bridgehead atoms. The van der Waals surface area contributed by atoms with Gasteiger partial charge in [-0.25, -0.2) is 13.7 Å². The molecule has 0 aromatic rings. The Bertz CT molecular complexity index is 202. The van der Waals surface area contributed by atoms with Gasteiger partial charge in [0.1, 0.15) is 0 Å². The lowest BCUT2D eigenvalue weighted by atomic mass is 10.9. The molecule has 0 heterocycles. The molecule has 2 N–H and O–H groups in total. The maximum atomic E-state index is 10.5. The topological polar surface area (TPSA) is 92.7 Å². The van der Waals surface area contributed by atoms with Crippen LogP contribution >= 0.6 is 15.6 Å². The van der Waals surface area contributed by atoms with E-state index in [1.807, 2.05) is 0 Å². The molecule has 60 valence electrons. The lowest BCUT2D eigenvalue weighted by Gasteiger charge is -2.04. The first-order valence-electron chi connectivity index (χ1n) is 2.37. The minimum absolute atomic E-state index is 0.0239. The Hall–Kier alpha value is 0.01000. The van der Waals surface area contributed by atoms with Gasteiger partial charge in [-0.05, 0) is 6.92 Å². The average molecular weight is 187 g/mol. The molecular formula is C2H7NO5P2. The second kappa shape index (κ2) is 4.01. The maximum absolute atomic E-state index is 10.5. The molecule has 1 unspecified atom stereocenters. The lowest BCUT2D eigenvalue weighted by molar-refractivity contribution is 0.270. The van der Waals surface area contributed by atoms with Gasteiger partial charge in [-0.1, -0.05) is 0 Å². The van der Waals surface area contributed by atoms with Crippen molar-refractivity contribution in [3.8, 4) is 0 Å². The number of hydrogen-bond donors (Lipinski definition) is 2. The molecule has 0 aromatic heterocycles. The Kier molecular flexibility index (Phi) is 4.01. The van der Waals surface area contributed by atoms with Crippen LogP contribution in [0.5, 0.6) is 0 Å². The largest absolute Gasteiger partial charge is 0.415 e. The molecule has 8 heteroatoms. The third kappa shape index (κ3) is 4.85. The molecular weight excluding hydrogens is 180 g/mol. The maximum Gasteiger partial charge on any atom is 0.415 e. The summed E-state index contributed by atoms with van der Waals surface area (Å²) >= 11 is 0. The van der Waals surface area contributed by atoms with E-state index in [0.717, 1.165) is 0 Å². The summed E-state index contributed by atoms with van der Waals surface area (Å²) in [5, 5.41) is 0. The predicted octanol–water partition coefficient (Wildman–Crippen LogP) is 0.801. The van der Waals surface area contributed by atoms with E-state index in [2.05, 4.69) is 4.52 Å². The van der Waals surface area contributed by atoms with E-state index < -0.39 is 15.6 Å². The van der Waals surface area contributed by atoms with Crippen molar-refractivity contribution in [2.75, 3.05) is 6.61 Å². The first kappa shape index (κ1) is 10.0. The summed E-state index contributed by atoms with van der Waals surface area (Å²) in [4.78, 5) is 9.89. The van der Waals surface area contributed by atoms with Gasteiger partial charge in [-0.15, -0.1) is 4.86 Å². The van der Waals surface area contributed by atoms with Gasteiger partial charge in [0.25, 0.3) is 0 Å². The van der Waals surface area contributed by atoms with Gasteiger partial charge in [0.05, 0.1) is 6.61 Å². The van der Waals surface area contributed by atoms with E-state index in [-0.39, 0.29) is 6.61 Å². The molecule has 0 amide bonds. The van der Waals surface area contributed by atoms with Crippen LogP contribution in [0.3, 0.4) is 0 Å². The van der Waals surface area contributed by atoms with Crippen LogP contribution in [0, 0.1) is 0 Å². The Morgan fingerprint density at radius 1 is 1.70 bits per heavy atom. The summed E-state index contributed by atoms with van der Waals surface area (Å²) in [5.41, 5.74) is 0. The van der Waals surface area contributed by atoms with Crippen LogP contribution in [0.2, 0.25) is 0 Å². The molecule has 0 fully saturated rings. The van der Waals surface area contributed by atoms with E-state index in [1.54, 1.807) is 0 Å². The molecule has 0 aliphatic heterocycles. The Morgan fingerprint density at radius 3 is 2.50 bits per heavy atom. The van der Waals surface area contributed by atoms with Gasteiger partial charge in [0.2, 0.25) is 0 Å². The summed E-state index contributed by atoms with van der Waals surface area (Å²) < 4.78 is 34.2. The standard InChI is InChI=1S/C2H7NO5P2/c1-2-8-10(6,7)3-9(4)5/h2H2,1H3,(H2,3,4,5,6,7). The Labute approximate surface area is 58.0 Å². The van der Waals surface area contributed by atoms with Gasteiger partial charge in [0.15, 0.2) is 0 Å². The SMILES string of the molecule is CCOP(=O)(O)NP(=O)=O. The van der Waals surface area contributed by atoms with Crippen LogP contribution in [0.4, 0.5) is 0 Å². The minimum Gasteiger partial charge on any atom is -0.312 e. The quantitative estimate of drug-likeness (QED) is 0.632. The van der Waals surface area contributed by atoms with Gasteiger partial charge in [-0.3, -0.25) is 4.52 Å². The molecule has 0 rings (SSSR count). The van der Waals surface area contributed by atoms with Crippen molar-refractivity contribution in [1.29, 1.82) is 0 Å². The van der Waals surface area contributed by atoms with E-state index in [9.17, 15) is 13.7 Å². The smallest absolute Gasteiger partial charge is 0.312 e. The normalized spacial score (nSPS) is 16.2. The first-order valence-corrected chi connectivity index (χ1v) is 5.13. The van der Waals surface area contributed by atoms with Crippen LogP contribution in [-0.2, 0) is 18.2 Å². The Balaban J connectivity index is 4.00. The second-order valence-electron chi connectivity index (χ2n) is 1.30. The number of hydrogen-bond acceptors (Lipinski definition) is 4. The van der Waals surface area contributed by atoms with Crippen molar-refractivity contribution in [3.63, 3.8) is 0 Å². The van der Waals surface area contributed by atoms with Crippen molar-refractivity contribution in [2.24, 2.45) is 0 Å². The van der Waals surface area contributed by atoms with Crippen molar-refractivity contribution < 1.29 is 23.1 Å². The van der Waals surface area contributed by atoms with Crippen LogP contribution < -0.4 is 4.86 Å². The fraction of sp³-hybridized carbons (Fsp3) is 1.00. The number of nitrogens with one attached hydrogen (secondary N) is 1. The first-order chi connectivity index (χ1) is 4.48. The zero-order valence-corrected chi connectivity index (χ0v) is 6.97. The average Bonchev–Trinajstić information content (AvgIpc) is 1.59. The molecule has 0 aliphatic rings. The summed E-state index contributed by atoms with van der Waals surface area (Å²) in [6.45, 7) is 1.45. The lowest BCUT2D eigenvalue weighted by Crippen LogP contribution is -2.00. The van der Waals surface area contributed by atoms with Gasteiger partial charge < -0.3 is 4.89 Å². The monoisotopic (exact) mass is 187 g/mol. The minimum atomic E-state index is -4.09. The van der Waals surface area contributed by atoms with Crippen LogP contribution in [-0.4, -0.2) is 11.5 Å². The van der Waals surface area contributed by atoms with Gasteiger partial charge in [-0.2, -0.15) is 0 Å². The van der Waals surface area contributed by atoms with Crippen molar-refractivity contribution in [3.05, 3.63) is 0 Å². The van der Waals surface area contributed by atoms with Crippen molar-refractivity contribution in [1.82, 2.24) is 4.86 Å². The molecule has 0 aromatic carbocycles. The van der Waals surface area contributed by atoms with E-state index in [1.165, 1.54) is 11.8 Å². The zero-order valence-electron chi connectivity index (χ0n) is 5.18. The summed E-state index contributed by atoms with van der Waals surface area (Å²) in [7, 11) is -7.18. The van der Waals surface area contributed by atoms with Crippen LogP contribution in [0.15, 0.2) is 0 Å². The molecule has 1 atom stereocenters. The molecule has 10 heavy (non-hydrogen) atoms. The summed E-state index contributed by atoms with van der Waals surface area (Å²) in [6, 6.07) is 0. The van der Waals surface area contributed by atoms with Gasteiger partial charge in [0, 0.05) is 0 Å². The molecule has 0 saturated heterocycles. The van der Waals surface area contributed by atoms with E-state index in [0.29, 0.717) is 0 Å². The highest BCUT2D eigenvalue weighted by atomic mass is 31.2. The highest BCUT2D eigenvalue weighted by Crippen LogP contribution is 2.39. The van der Waals surface area contributed by atoms with Gasteiger partial charge >= 0.3 is 15.6 Å². The van der Waals surface area contributed by atoms with E-state index >= 15 is 0 Å². The molecule has 0 saturated carbocycles. The molecule has 0 aliphatic carbocycles. The molecule has 0 spiro atoms. The van der Waals surface area contributed by atoms with Crippen LogP contribution in [0.1, 0.15) is 6.92 Å². The second-order valence-corrected chi connectivity index (χ2v) is 3.91. The van der Waals surface area contributed by atoms with Crippen LogP contribution in [0.25, 0.3) is 0 Å². The van der Waals surface area contributed by atoms with Crippen molar-refractivity contribution >= 4 is 15.6 Å². The zero-order chi connectivity index (χ0) is 8.20. The highest BCUT2D eigenvalue weighted by Gasteiger charge is 2.19. The third-order valence-corrected chi connectivity index (χ3v) is 2.78.